The van der Waals surface area contributed by atoms with Gasteiger partial charge in [0.1, 0.15) is 0 Å². The fourth-order valence-corrected chi connectivity index (χ4v) is 3.11. The first kappa shape index (κ1) is 14.6. The monoisotopic (exact) mass is 289 g/mol. The molecule has 0 spiro atoms. The number of nitrogens with zero attached hydrogens (tertiary/aromatic N) is 2. The van der Waals surface area contributed by atoms with E-state index in [1.807, 2.05) is 20.8 Å². The van der Waals surface area contributed by atoms with Gasteiger partial charge in [-0.25, -0.2) is 0 Å². The summed E-state index contributed by atoms with van der Waals surface area (Å²) in [5.41, 5.74) is 2.08. The van der Waals surface area contributed by atoms with Crippen LogP contribution in [0.4, 0.5) is 0 Å². The molecule has 4 nitrogen and oxygen atoms in total. The molecule has 1 N–H and O–H groups in total. The predicted octanol–water partition coefficient (Wildman–Crippen LogP) is 3.54. The number of hydrogen-bond donors (Lipinski definition) is 1. The predicted molar refractivity (Wildman–Crippen MR) is 83.0 cm³/mol. The van der Waals surface area contributed by atoms with Gasteiger partial charge in [-0.05, 0) is 31.7 Å². The van der Waals surface area contributed by atoms with Crippen molar-refractivity contribution in [2.24, 2.45) is 5.41 Å². The van der Waals surface area contributed by atoms with E-state index in [4.69, 9.17) is 5.10 Å². The summed E-state index contributed by atoms with van der Waals surface area (Å²) in [4.78, 5) is 12.0. The summed E-state index contributed by atoms with van der Waals surface area (Å²) >= 11 is 0. The Morgan fingerprint density at radius 1 is 1.29 bits per heavy atom. The van der Waals surface area contributed by atoms with E-state index in [1.165, 1.54) is 44.2 Å². The lowest BCUT2D eigenvalue weighted by molar-refractivity contribution is -0.128. The Kier molecular flexibility index (Phi) is 3.80. The average Bonchev–Trinajstić information content (AvgIpc) is 2.97. The highest BCUT2D eigenvalue weighted by molar-refractivity contribution is 5.81. The highest BCUT2D eigenvalue weighted by Gasteiger charge is 2.31. The molecule has 0 saturated heterocycles. The van der Waals surface area contributed by atoms with Gasteiger partial charge < -0.3 is 5.32 Å². The second-order valence-corrected chi connectivity index (χ2v) is 7.65. The first-order valence-corrected chi connectivity index (χ1v) is 8.32. The lowest BCUT2D eigenvalue weighted by atomic mass is 9.96. The molecule has 2 aliphatic carbocycles. The van der Waals surface area contributed by atoms with E-state index in [0.29, 0.717) is 18.5 Å². The van der Waals surface area contributed by atoms with Crippen LogP contribution in [0.3, 0.4) is 0 Å². The smallest absolute Gasteiger partial charge is 0.225 e. The highest BCUT2D eigenvalue weighted by Crippen LogP contribution is 2.43. The molecule has 21 heavy (non-hydrogen) atoms. The second-order valence-electron chi connectivity index (χ2n) is 7.65. The summed E-state index contributed by atoms with van der Waals surface area (Å²) in [5.74, 6) is 0.802. The van der Waals surface area contributed by atoms with E-state index in [2.05, 4.69) is 16.1 Å². The molecule has 1 heterocycles. The third-order valence-electron chi connectivity index (χ3n) is 4.59. The minimum Gasteiger partial charge on any atom is -0.350 e. The summed E-state index contributed by atoms with van der Waals surface area (Å²) in [5, 5.41) is 7.82. The summed E-state index contributed by atoms with van der Waals surface area (Å²) in [6, 6.07) is 2.81. The van der Waals surface area contributed by atoms with Crippen molar-refractivity contribution in [2.45, 2.75) is 77.8 Å². The largest absolute Gasteiger partial charge is 0.350 e. The van der Waals surface area contributed by atoms with Gasteiger partial charge in [-0.15, -0.1) is 0 Å². The van der Waals surface area contributed by atoms with Crippen LogP contribution in [0.1, 0.15) is 82.6 Å². The normalized spacial score (nSPS) is 20.0. The summed E-state index contributed by atoms with van der Waals surface area (Å²) in [6.07, 6.45) is 7.76. The lowest BCUT2D eigenvalue weighted by Gasteiger charge is -2.17. The molecular weight excluding hydrogens is 262 g/mol. The summed E-state index contributed by atoms with van der Waals surface area (Å²) in [6.45, 7) is 6.37. The Morgan fingerprint density at radius 2 is 1.95 bits per heavy atom. The maximum absolute atomic E-state index is 12.0. The van der Waals surface area contributed by atoms with E-state index in [0.717, 1.165) is 5.69 Å². The van der Waals surface area contributed by atoms with Crippen LogP contribution in [-0.4, -0.2) is 15.7 Å². The fraction of sp³-hybridized carbons (Fsp3) is 0.765. The van der Waals surface area contributed by atoms with Gasteiger partial charge in [-0.1, -0.05) is 33.6 Å². The molecule has 1 amide bonds. The number of amides is 1. The molecule has 3 rings (SSSR count). The van der Waals surface area contributed by atoms with Crippen LogP contribution in [0.5, 0.6) is 0 Å². The van der Waals surface area contributed by atoms with Crippen LogP contribution in [0.2, 0.25) is 0 Å². The Hall–Kier alpha value is -1.32. The van der Waals surface area contributed by atoms with E-state index in [9.17, 15) is 4.79 Å². The van der Waals surface area contributed by atoms with Crippen molar-refractivity contribution in [1.29, 1.82) is 0 Å². The van der Waals surface area contributed by atoms with Crippen LogP contribution in [-0.2, 0) is 11.3 Å². The molecule has 0 unspecified atom stereocenters. The molecular formula is C17H27N3O. The molecule has 0 aromatic carbocycles. The standard InChI is InChI=1S/C17H27N3O/c1-17(2,3)16(21)18-11-13-10-15(12-8-9-12)20(19-13)14-6-4-5-7-14/h10,12,14H,4-9,11H2,1-3H3,(H,18,21). The number of hydrogen-bond acceptors (Lipinski definition) is 2. The Bertz CT molecular complexity index is 517. The first-order valence-electron chi connectivity index (χ1n) is 8.32. The van der Waals surface area contributed by atoms with Gasteiger partial charge >= 0.3 is 0 Å². The molecule has 2 aliphatic rings. The van der Waals surface area contributed by atoms with Crippen LogP contribution in [0, 0.1) is 5.41 Å². The van der Waals surface area contributed by atoms with E-state index in [-0.39, 0.29) is 11.3 Å². The first-order chi connectivity index (χ1) is 9.95. The highest BCUT2D eigenvalue weighted by atomic mass is 16.2. The number of rotatable bonds is 4. The number of carbonyl (C=O) groups is 1. The van der Waals surface area contributed by atoms with Crippen molar-refractivity contribution in [3.63, 3.8) is 0 Å². The van der Waals surface area contributed by atoms with Crippen molar-refractivity contribution >= 4 is 5.91 Å². The van der Waals surface area contributed by atoms with E-state index >= 15 is 0 Å². The summed E-state index contributed by atoms with van der Waals surface area (Å²) < 4.78 is 2.28. The van der Waals surface area contributed by atoms with Crippen molar-refractivity contribution in [1.82, 2.24) is 15.1 Å². The third-order valence-corrected chi connectivity index (χ3v) is 4.59. The average molecular weight is 289 g/mol. The molecule has 0 radical (unpaired) electrons. The summed E-state index contributed by atoms with van der Waals surface area (Å²) in [7, 11) is 0. The maximum atomic E-state index is 12.0. The molecule has 0 atom stereocenters. The van der Waals surface area contributed by atoms with Crippen LogP contribution < -0.4 is 5.32 Å². The van der Waals surface area contributed by atoms with Crippen molar-refractivity contribution < 1.29 is 4.79 Å². The zero-order chi connectivity index (χ0) is 15.0. The molecule has 1 aromatic heterocycles. The van der Waals surface area contributed by atoms with Crippen LogP contribution >= 0.6 is 0 Å². The Labute approximate surface area is 127 Å². The zero-order valence-electron chi connectivity index (χ0n) is 13.5. The lowest BCUT2D eigenvalue weighted by Crippen LogP contribution is -2.34. The molecule has 2 fully saturated rings. The molecule has 4 heteroatoms. The van der Waals surface area contributed by atoms with Crippen molar-refractivity contribution in [3.8, 4) is 0 Å². The van der Waals surface area contributed by atoms with Gasteiger partial charge in [0.25, 0.3) is 0 Å². The van der Waals surface area contributed by atoms with Gasteiger partial charge in [0, 0.05) is 17.0 Å². The molecule has 0 aliphatic heterocycles. The number of aromatic nitrogens is 2. The van der Waals surface area contributed by atoms with Crippen LogP contribution in [0.15, 0.2) is 6.07 Å². The number of nitrogens with one attached hydrogen (secondary N) is 1. The minimum atomic E-state index is -0.340. The van der Waals surface area contributed by atoms with Gasteiger partial charge in [-0.3, -0.25) is 9.48 Å². The molecule has 2 saturated carbocycles. The quantitative estimate of drug-likeness (QED) is 0.921. The van der Waals surface area contributed by atoms with Gasteiger partial charge in [0.05, 0.1) is 18.3 Å². The Morgan fingerprint density at radius 3 is 2.52 bits per heavy atom. The fourth-order valence-electron chi connectivity index (χ4n) is 3.11. The van der Waals surface area contributed by atoms with Crippen molar-refractivity contribution in [3.05, 3.63) is 17.5 Å². The maximum Gasteiger partial charge on any atom is 0.225 e. The van der Waals surface area contributed by atoms with E-state index in [1.54, 1.807) is 0 Å². The number of carbonyl (C=O) groups excluding carboxylic acids is 1. The van der Waals surface area contributed by atoms with Crippen molar-refractivity contribution in [2.75, 3.05) is 0 Å². The Balaban J connectivity index is 1.71. The van der Waals surface area contributed by atoms with Gasteiger partial charge in [0.15, 0.2) is 0 Å². The zero-order valence-corrected chi connectivity index (χ0v) is 13.5. The van der Waals surface area contributed by atoms with Gasteiger partial charge in [-0.2, -0.15) is 5.10 Å². The third kappa shape index (κ3) is 3.30. The SMILES string of the molecule is CC(C)(C)C(=O)NCc1cc(C2CC2)n(C2CCCC2)n1. The minimum absolute atomic E-state index is 0.0888. The van der Waals surface area contributed by atoms with Crippen LogP contribution in [0.25, 0.3) is 0 Å². The topological polar surface area (TPSA) is 46.9 Å². The molecule has 1 aromatic rings. The van der Waals surface area contributed by atoms with Gasteiger partial charge in [0.2, 0.25) is 5.91 Å². The van der Waals surface area contributed by atoms with E-state index < -0.39 is 0 Å². The molecule has 116 valence electrons. The second kappa shape index (κ2) is 5.47. The molecule has 0 bridgehead atoms.